The van der Waals surface area contributed by atoms with Gasteiger partial charge in [-0.2, -0.15) is 4.31 Å². The largest absolute Gasteiger partial charge is 0.593 e. The van der Waals surface area contributed by atoms with E-state index in [4.69, 9.17) is 10.2 Å². The van der Waals surface area contributed by atoms with E-state index in [9.17, 15) is 9.35 Å². The van der Waals surface area contributed by atoms with Crippen LogP contribution in [0.3, 0.4) is 0 Å². The highest BCUT2D eigenvalue weighted by Gasteiger charge is 2.29. The lowest BCUT2D eigenvalue weighted by atomic mass is 9.94. The monoisotopic (exact) mass is 495 g/mol. The van der Waals surface area contributed by atoms with E-state index in [1.165, 1.54) is 0 Å². The van der Waals surface area contributed by atoms with Gasteiger partial charge in [-0.3, -0.25) is 4.79 Å². The topological polar surface area (TPSA) is 120 Å². The predicted octanol–water partition coefficient (Wildman–Crippen LogP) is 3.95. The van der Waals surface area contributed by atoms with Crippen LogP contribution in [0.4, 0.5) is 5.69 Å². The standard InChI is InChI=1S/C26H33N5O3S/c1-4-31(35(3)33)22-15-19(23(32)28-21-12-8-9-13-21)14-20(16-22)24-29-30-25(34-24)26(2,27)17-18-10-6-5-7-11-18/h5-7,10-11,14-16,21H,4,8-9,12-13,17,27H2,1-3H3,(H,28,32)/t26-,35?/m1/s1. The molecule has 3 aromatic rings. The maximum Gasteiger partial charge on any atom is 0.251 e. The molecule has 1 amide bonds. The summed E-state index contributed by atoms with van der Waals surface area (Å²) < 4.78 is 20.1. The van der Waals surface area contributed by atoms with E-state index in [1.54, 1.807) is 22.7 Å². The Bertz CT molecular complexity index is 1140. The zero-order valence-electron chi connectivity index (χ0n) is 20.5. The van der Waals surface area contributed by atoms with Crippen molar-refractivity contribution in [3.05, 3.63) is 65.5 Å². The summed E-state index contributed by atoms with van der Waals surface area (Å²) in [5, 5.41) is 11.6. The van der Waals surface area contributed by atoms with Gasteiger partial charge < -0.3 is 20.0 Å². The second-order valence-corrected chi connectivity index (χ2v) is 10.6. The van der Waals surface area contributed by atoms with Gasteiger partial charge in [-0.25, -0.2) is 0 Å². The van der Waals surface area contributed by atoms with E-state index in [1.807, 2.05) is 50.2 Å². The molecule has 186 valence electrons. The van der Waals surface area contributed by atoms with Crippen LogP contribution in [0.1, 0.15) is 61.3 Å². The highest BCUT2D eigenvalue weighted by Crippen LogP contribution is 2.30. The van der Waals surface area contributed by atoms with Crippen molar-refractivity contribution in [3.8, 4) is 11.5 Å². The fraction of sp³-hybridized carbons (Fsp3) is 0.423. The number of nitrogens with one attached hydrogen (secondary N) is 1. The number of anilines is 1. The van der Waals surface area contributed by atoms with Gasteiger partial charge in [0.15, 0.2) is 0 Å². The third-order valence-corrected chi connectivity index (χ3v) is 7.42. The SMILES string of the molecule is CCN(c1cc(C(=O)NC2CCCC2)cc(-c2nnc([C@](C)(N)Cc3ccccc3)o2)c1)[S+](C)[O-]. The molecule has 1 aliphatic rings. The lowest BCUT2D eigenvalue weighted by Crippen LogP contribution is -2.35. The summed E-state index contributed by atoms with van der Waals surface area (Å²) in [5.41, 5.74) is 8.46. The minimum atomic E-state index is -1.26. The Morgan fingerprint density at radius 2 is 1.94 bits per heavy atom. The predicted molar refractivity (Wildman–Crippen MR) is 138 cm³/mol. The van der Waals surface area contributed by atoms with E-state index in [-0.39, 0.29) is 17.8 Å². The first-order valence-electron chi connectivity index (χ1n) is 12.0. The van der Waals surface area contributed by atoms with Crippen LogP contribution in [0.25, 0.3) is 11.5 Å². The third-order valence-electron chi connectivity index (χ3n) is 6.33. The van der Waals surface area contributed by atoms with Crippen LogP contribution in [-0.4, -0.2) is 39.5 Å². The molecule has 0 radical (unpaired) electrons. The van der Waals surface area contributed by atoms with Gasteiger partial charge in [0, 0.05) is 17.2 Å². The third kappa shape index (κ3) is 6.04. The number of nitrogens with two attached hydrogens (primary N) is 1. The van der Waals surface area contributed by atoms with E-state index in [0.717, 1.165) is 31.2 Å². The number of rotatable bonds is 9. The lowest BCUT2D eigenvalue weighted by Gasteiger charge is -2.23. The van der Waals surface area contributed by atoms with Gasteiger partial charge in [0.05, 0.1) is 29.1 Å². The second-order valence-electron chi connectivity index (χ2n) is 9.33. The second kappa shape index (κ2) is 10.8. The molecular weight excluding hydrogens is 462 g/mol. The van der Waals surface area contributed by atoms with Crippen molar-refractivity contribution in [1.29, 1.82) is 0 Å². The zero-order valence-corrected chi connectivity index (χ0v) is 21.3. The minimum absolute atomic E-state index is 0.162. The molecule has 9 heteroatoms. The Kier molecular flexibility index (Phi) is 7.78. The first-order valence-corrected chi connectivity index (χ1v) is 13.5. The zero-order chi connectivity index (χ0) is 25.0. The average Bonchev–Trinajstić information content (AvgIpc) is 3.52. The van der Waals surface area contributed by atoms with Crippen molar-refractivity contribution in [3.63, 3.8) is 0 Å². The Morgan fingerprint density at radius 1 is 1.23 bits per heavy atom. The molecule has 0 saturated heterocycles. The number of benzene rings is 2. The summed E-state index contributed by atoms with van der Waals surface area (Å²) in [6.45, 7) is 4.29. The van der Waals surface area contributed by atoms with Crippen LogP contribution < -0.4 is 15.4 Å². The molecule has 1 fully saturated rings. The minimum Gasteiger partial charge on any atom is -0.593 e. The fourth-order valence-corrected chi connectivity index (χ4v) is 5.29. The number of aromatic nitrogens is 2. The van der Waals surface area contributed by atoms with Crippen molar-refractivity contribution in [2.45, 2.75) is 57.5 Å². The summed E-state index contributed by atoms with van der Waals surface area (Å²) in [7, 11) is 0. The van der Waals surface area contributed by atoms with Crippen LogP contribution in [0.2, 0.25) is 0 Å². The van der Waals surface area contributed by atoms with Crippen molar-refractivity contribution >= 4 is 23.0 Å². The number of hydrogen-bond acceptors (Lipinski definition) is 7. The van der Waals surface area contributed by atoms with Crippen molar-refractivity contribution in [1.82, 2.24) is 15.5 Å². The van der Waals surface area contributed by atoms with Gasteiger partial charge >= 0.3 is 0 Å². The van der Waals surface area contributed by atoms with Gasteiger partial charge in [-0.1, -0.05) is 43.2 Å². The van der Waals surface area contributed by atoms with Gasteiger partial charge in [0.25, 0.3) is 5.91 Å². The molecule has 0 bridgehead atoms. The van der Waals surface area contributed by atoms with Gasteiger partial charge in [-0.05, 0) is 56.9 Å². The maximum absolute atomic E-state index is 13.1. The normalized spacial score (nSPS) is 16.6. The molecule has 35 heavy (non-hydrogen) atoms. The molecule has 1 aromatic heterocycles. The van der Waals surface area contributed by atoms with Crippen LogP contribution >= 0.6 is 0 Å². The van der Waals surface area contributed by atoms with E-state index in [2.05, 4.69) is 15.5 Å². The Labute approximate surface area is 209 Å². The molecular formula is C26H33N5O3S. The molecule has 8 nitrogen and oxygen atoms in total. The Morgan fingerprint density at radius 3 is 2.60 bits per heavy atom. The van der Waals surface area contributed by atoms with Crippen LogP contribution in [0.15, 0.2) is 52.9 Å². The number of carbonyl (C=O) groups excluding carboxylic acids is 1. The maximum atomic E-state index is 13.1. The van der Waals surface area contributed by atoms with Gasteiger partial charge in [0.2, 0.25) is 11.8 Å². The van der Waals surface area contributed by atoms with E-state index >= 15 is 0 Å². The van der Waals surface area contributed by atoms with Crippen LogP contribution in [0, 0.1) is 0 Å². The fourth-order valence-electron chi connectivity index (χ4n) is 4.53. The highest BCUT2D eigenvalue weighted by molar-refractivity contribution is 7.92. The number of carbonyl (C=O) groups is 1. The molecule has 0 aliphatic heterocycles. The molecule has 1 unspecified atom stereocenters. The molecule has 4 rings (SSSR count). The molecule has 2 aromatic carbocycles. The Hall–Kier alpha value is -2.88. The van der Waals surface area contributed by atoms with Crippen LogP contribution in [0.5, 0.6) is 0 Å². The summed E-state index contributed by atoms with van der Waals surface area (Å²) in [4.78, 5) is 13.1. The number of hydrogen-bond donors (Lipinski definition) is 2. The first kappa shape index (κ1) is 25.2. The lowest BCUT2D eigenvalue weighted by molar-refractivity contribution is 0.0938. The van der Waals surface area contributed by atoms with E-state index < -0.39 is 16.9 Å². The highest BCUT2D eigenvalue weighted by atomic mass is 32.2. The molecule has 3 N–H and O–H groups in total. The van der Waals surface area contributed by atoms with Gasteiger partial charge in [0.1, 0.15) is 6.26 Å². The molecule has 1 saturated carbocycles. The van der Waals surface area contributed by atoms with Crippen molar-refractivity contribution in [2.24, 2.45) is 5.73 Å². The molecule has 1 heterocycles. The summed E-state index contributed by atoms with van der Waals surface area (Å²) in [6.07, 6.45) is 6.37. The Balaban J connectivity index is 1.66. The van der Waals surface area contributed by atoms with E-state index in [0.29, 0.717) is 35.7 Å². The summed E-state index contributed by atoms with van der Waals surface area (Å²) >= 11 is -1.26. The summed E-state index contributed by atoms with van der Waals surface area (Å²) in [6, 6.07) is 15.4. The molecule has 1 aliphatic carbocycles. The average molecular weight is 496 g/mol. The summed E-state index contributed by atoms with van der Waals surface area (Å²) in [5.74, 6) is 0.412. The van der Waals surface area contributed by atoms with Gasteiger partial charge in [-0.15, -0.1) is 10.2 Å². The number of amides is 1. The van der Waals surface area contributed by atoms with Crippen molar-refractivity contribution < 1.29 is 13.8 Å². The molecule has 0 spiro atoms. The van der Waals surface area contributed by atoms with Crippen LogP contribution in [-0.2, 0) is 23.3 Å². The molecule has 2 atom stereocenters. The first-order chi connectivity index (χ1) is 16.8. The van der Waals surface area contributed by atoms with Crippen molar-refractivity contribution in [2.75, 3.05) is 17.1 Å². The smallest absolute Gasteiger partial charge is 0.251 e. The quantitative estimate of drug-likeness (QED) is 0.431. The number of nitrogens with zero attached hydrogens (tertiary/aromatic N) is 3.